The molecular weight excluding hydrogens is 330 g/mol. The van der Waals surface area contributed by atoms with Crippen LogP contribution in [0.2, 0.25) is 0 Å². The van der Waals surface area contributed by atoms with E-state index >= 15 is 0 Å². The molecule has 140 valence electrons. The number of benzene rings is 1. The van der Waals surface area contributed by atoms with Crippen LogP contribution in [0.3, 0.4) is 0 Å². The molecule has 6 heteroatoms. The zero-order valence-electron chi connectivity index (χ0n) is 16.1. The molecule has 0 bridgehead atoms. The number of nitrogens with one attached hydrogen (secondary N) is 1. The van der Waals surface area contributed by atoms with Crippen molar-refractivity contribution in [2.24, 2.45) is 0 Å². The van der Waals surface area contributed by atoms with Gasteiger partial charge in [-0.2, -0.15) is 0 Å². The minimum absolute atomic E-state index is 0.191. The number of amides is 1. The summed E-state index contributed by atoms with van der Waals surface area (Å²) in [6.45, 7) is 6.87. The lowest BCUT2D eigenvalue weighted by atomic mass is 10.2. The Bertz CT molecular complexity index is 705. The average molecular weight is 357 g/mol. The molecule has 1 aromatic heterocycles. The van der Waals surface area contributed by atoms with E-state index in [0.29, 0.717) is 24.7 Å². The van der Waals surface area contributed by atoms with Gasteiger partial charge >= 0.3 is 0 Å². The molecule has 0 spiro atoms. The van der Waals surface area contributed by atoms with Gasteiger partial charge in [-0.15, -0.1) is 0 Å². The summed E-state index contributed by atoms with van der Waals surface area (Å²) in [5.41, 5.74) is 2.09. The molecule has 0 aliphatic rings. The number of carbonyl (C=O) groups is 1. The zero-order valence-corrected chi connectivity index (χ0v) is 16.1. The Morgan fingerprint density at radius 1 is 1.08 bits per heavy atom. The Hall–Kier alpha value is -2.60. The van der Waals surface area contributed by atoms with E-state index in [2.05, 4.69) is 10.3 Å². The lowest BCUT2D eigenvalue weighted by molar-refractivity contribution is -0.0168. The molecule has 1 N–H and O–H groups in total. The number of anilines is 2. The van der Waals surface area contributed by atoms with E-state index in [1.54, 1.807) is 12.1 Å². The average Bonchev–Trinajstić information content (AvgIpc) is 2.59. The fraction of sp³-hybridized carbons (Fsp3) is 0.400. The lowest BCUT2D eigenvalue weighted by Crippen LogP contribution is -2.22. The molecule has 0 saturated heterocycles. The molecule has 2 rings (SSSR count). The Morgan fingerprint density at radius 2 is 1.77 bits per heavy atom. The van der Waals surface area contributed by atoms with Crippen LogP contribution in [0.15, 0.2) is 42.6 Å². The molecule has 0 aliphatic carbocycles. The zero-order chi connectivity index (χ0) is 19.2. The second kappa shape index (κ2) is 8.67. The van der Waals surface area contributed by atoms with Crippen molar-refractivity contribution >= 4 is 17.3 Å². The molecule has 1 amide bonds. The smallest absolute Gasteiger partial charge is 0.257 e. The normalized spacial score (nSPS) is 11.1. The van der Waals surface area contributed by atoms with Gasteiger partial charge in [0.1, 0.15) is 6.61 Å². The van der Waals surface area contributed by atoms with Crippen LogP contribution in [0, 0.1) is 0 Å². The van der Waals surface area contributed by atoms with Gasteiger partial charge in [-0.05, 0) is 51.1 Å². The molecule has 26 heavy (non-hydrogen) atoms. The monoisotopic (exact) mass is 357 g/mol. The SMILES string of the molecule is CN(C)c1ccc(NC(=O)c2ccc(OCCOC(C)(C)C)nc2)cc1. The first-order valence-electron chi connectivity index (χ1n) is 8.56. The summed E-state index contributed by atoms with van der Waals surface area (Å²) >= 11 is 0. The predicted octanol–water partition coefficient (Wildman–Crippen LogP) is 3.59. The van der Waals surface area contributed by atoms with Crippen LogP contribution in [-0.4, -0.2) is 43.8 Å². The second-order valence-electron chi connectivity index (χ2n) is 7.09. The van der Waals surface area contributed by atoms with Gasteiger partial charge in [-0.1, -0.05) is 0 Å². The summed E-state index contributed by atoms with van der Waals surface area (Å²) in [5.74, 6) is 0.257. The van der Waals surface area contributed by atoms with Crippen molar-refractivity contribution in [1.29, 1.82) is 0 Å². The summed E-state index contributed by atoms with van der Waals surface area (Å²) < 4.78 is 11.1. The van der Waals surface area contributed by atoms with Crippen molar-refractivity contribution in [2.75, 3.05) is 37.5 Å². The molecular formula is C20H27N3O3. The van der Waals surface area contributed by atoms with Crippen LogP contribution in [0.1, 0.15) is 31.1 Å². The number of carbonyl (C=O) groups excluding carboxylic acids is 1. The fourth-order valence-electron chi connectivity index (χ4n) is 2.14. The van der Waals surface area contributed by atoms with E-state index in [1.807, 2.05) is 64.0 Å². The highest BCUT2D eigenvalue weighted by atomic mass is 16.5. The van der Waals surface area contributed by atoms with Crippen LogP contribution in [0.25, 0.3) is 0 Å². The third-order valence-electron chi connectivity index (χ3n) is 3.51. The number of hydrogen-bond acceptors (Lipinski definition) is 5. The van der Waals surface area contributed by atoms with E-state index in [-0.39, 0.29) is 11.5 Å². The summed E-state index contributed by atoms with van der Waals surface area (Å²) in [5, 5.41) is 2.85. The maximum Gasteiger partial charge on any atom is 0.257 e. The van der Waals surface area contributed by atoms with E-state index in [0.717, 1.165) is 11.4 Å². The highest BCUT2D eigenvalue weighted by Crippen LogP contribution is 2.17. The summed E-state index contributed by atoms with van der Waals surface area (Å²) in [6, 6.07) is 11.0. The molecule has 0 saturated carbocycles. The van der Waals surface area contributed by atoms with Gasteiger partial charge in [0.25, 0.3) is 5.91 Å². The van der Waals surface area contributed by atoms with Crippen molar-refractivity contribution in [3.05, 3.63) is 48.2 Å². The third kappa shape index (κ3) is 6.37. The number of nitrogens with zero attached hydrogens (tertiary/aromatic N) is 2. The third-order valence-corrected chi connectivity index (χ3v) is 3.51. The van der Waals surface area contributed by atoms with Gasteiger partial charge in [0, 0.05) is 37.7 Å². The first-order valence-corrected chi connectivity index (χ1v) is 8.56. The van der Waals surface area contributed by atoms with Crippen molar-refractivity contribution in [3.63, 3.8) is 0 Å². The van der Waals surface area contributed by atoms with Gasteiger partial charge in [0.2, 0.25) is 5.88 Å². The van der Waals surface area contributed by atoms with Crippen LogP contribution in [0.5, 0.6) is 5.88 Å². The van der Waals surface area contributed by atoms with Crippen LogP contribution >= 0.6 is 0 Å². The summed E-state index contributed by atoms with van der Waals surface area (Å²) in [4.78, 5) is 18.5. The molecule has 0 atom stereocenters. The Labute approximate surface area is 155 Å². The van der Waals surface area contributed by atoms with Gasteiger partial charge in [-0.3, -0.25) is 4.79 Å². The highest BCUT2D eigenvalue weighted by Gasteiger charge is 2.10. The van der Waals surface area contributed by atoms with E-state index in [9.17, 15) is 4.79 Å². The maximum absolute atomic E-state index is 12.3. The van der Waals surface area contributed by atoms with Gasteiger partial charge in [0.15, 0.2) is 0 Å². The molecule has 0 fully saturated rings. The number of aromatic nitrogens is 1. The molecule has 1 heterocycles. The second-order valence-corrected chi connectivity index (χ2v) is 7.09. The van der Waals surface area contributed by atoms with Crippen molar-refractivity contribution in [2.45, 2.75) is 26.4 Å². The minimum atomic E-state index is -0.210. The fourth-order valence-corrected chi connectivity index (χ4v) is 2.14. The van der Waals surface area contributed by atoms with Gasteiger partial charge in [-0.25, -0.2) is 4.98 Å². The largest absolute Gasteiger partial charge is 0.475 e. The van der Waals surface area contributed by atoms with Crippen LogP contribution < -0.4 is 15.0 Å². The molecule has 0 unspecified atom stereocenters. The quantitative estimate of drug-likeness (QED) is 0.767. The number of hydrogen-bond donors (Lipinski definition) is 1. The minimum Gasteiger partial charge on any atom is -0.475 e. The van der Waals surface area contributed by atoms with Gasteiger partial charge < -0.3 is 19.7 Å². The summed E-state index contributed by atoms with van der Waals surface area (Å²) in [7, 11) is 3.94. The molecule has 0 aliphatic heterocycles. The number of pyridine rings is 1. The van der Waals surface area contributed by atoms with E-state index in [1.165, 1.54) is 6.20 Å². The Kier molecular flexibility index (Phi) is 6.58. The first kappa shape index (κ1) is 19.7. The highest BCUT2D eigenvalue weighted by molar-refractivity contribution is 6.04. The standard InChI is InChI=1S/C20H27N3O3/c1-20(2,3)26-13-12-25-18-11-6-15(14-21-18)19(24)22-16-7-9-17(10-8-16)23(4)5/h6-11,14H,12-13H2,1-5H3,(H,22,24). The van der Waals surface area contributed by atoms with Crippen molar-refractivity contribution in [1.82, 2.24) is 4.98 Å². The Balaban J connectivity index is 1.86. The van der Waals surface area contributed by atoms with E-state index in [4.69, 9.17) is 9.47 Å². The number of ether oxygens (including phenoxy) is 2. The maximum atomic E-state index is 12.3. The molecule has 6 nitrogen and oxygen atoms in total. The first-order chi connectivity index (χ1) is 12.2. The molecule has 0 radical (unpaired) electrons. The lowest BCUT2D eigenvalue weighted by Gasteiger charge is -2.19. The number of rotatable bonds is 7. The van der Waals surface area contributed by atoms with E-state index < -0.39 is 0 Å². The van der Waals surface area contributed by atoms with Crippen molar-refractivity contribution in [3.8, 4) is 5.88 Å². The molecule has 2 aromatic rings. The summed E-state index contributed by atoms with van der Waals surface area (Å²) in [6.07, 6.45) is 1.50. The molecule has 1 aromatic carbocycles. The topological polar surface area (TPSA) is 63.7 Å². The predicted molar refractivity (Wildman–Crippen MR) is 104 cm³/mol. The van der Waals surface area contributed by atoms with Crippen LogP contribution in [0.4, 0.5) is 11.4 Å². The van der Waals surface area contributed by atoms with Crippen molar-refractivity contribution < 1.29 is 14.3 Å². The Morgan fingerprint density at radius 3 is 2.31 bits per heavy atom. The van der Waals surface area contributed by atoms with Gasteiger partial charge in [0.05, 0.1) is 17.8 Å². The van der Waals surface area contributed by atoms with Crippen LogP contribution in [-0.2, 0) is 4.74 Å².